The van der Waals surface area contributed by atoms with Crippen LogP contribution in [0.4, 0.5) is 0 Å². The highest BCUT2D eigenvalue weighted by atomic mass is 15.2. The van der Waals surface area contributed by atoms with Gasteiger partial charge >= 0.3 is 0 Å². The van der Waals surface area contributed by atoms with E-state index in [0.29, 0.717) is 0 Å². The van der Waals surface area contributed by atoms with Crippen molar-refractivity contribution in [3.8, 4) is 0 Å². The molecular formula is C13H20N2. The van der Waals surface area contributed by atoms with Gasteiger partial charge in [0.25, 0.3) is 0 Å². The number of hydrogen-bond acceptors (Lipinski definition) is 2. The average molecular weight is 204 g/mol. The van der Waals surface area contributed by atoms with E-state index in [1.54, 1.807) is 0 Å². The molecule has 1 aromatic rings. The summed E-state index contributed by atoms with van der Waals surface area (Å²) < 4.78 is 0. The molecule has 0 amide bonds. The molecule has 2 rings (SSSR count). The molecule has 0 saturated carbocycles. The molecular weight excluding hydrogens is 184 g/mol. The second kappa shape index (κ2) is 4.75. The topological polar surface area (TPSA) is 16.1 Å². The van der Waals surface area contributed by atoms with Crippen LogP contribution in [0.3, 0.4) is 0 Å². The summed E-state index contributed by atoms with van der Waals surface area (Å²) in [6.07, 6.45) is 6.36. The Morgan fingerprint density at radius 1 is 1.47 bits per heavy atom. The fourth-order valence-electron chi connectivity index (χ4n) is 2.35. The van der Waals surface area contributed by atoms with Crippen LogP contribution in [0.25, 0.3) is 0 Å². The summed E-state index contributed by atoms with van der Waals surface area (Å²) in [5, 5.41) is 0. The zero-order valence-corrected chi connectivity index (χ0v) is 9.69. The molecule has 1 fully saturated rings. The Morgan fingerprint density at radius 2 is 2.20 bits per heavy atom. The van der Waals surface area contributed by atoms with Crippen LogP contribution in [-0.4, -0.2) is 29.0 Å². The molecule has 0 aliphatic carbocycles. The van der Waals surface area contributed by atoms with E-state index < -0.39 is 0 Å². The average Bonchev–Trinajstić information content (AvgIpc) is 2.78. The smallest absolute Gasteiger partial charge is 0.0270 e. The van der Waals surface area contributed by atoms with Gasteiger partial charge in [-0.05, 0) is 49.9 Å². The van der Waals surface area contributed by atoms with Crippen molar-refractivity contribution in [1.29, 1.82) is 0 Å². The Balaban J connectivity index is 1.99. The van der Waals surface area contributed by atoms with E-state index in [1.165, 1.54) is 31.5 Å². The van der Waals surface area contributed by atoms with Crippen LogP contribution in [0, 0.1) is 0 Å². The van der Waals surface area contributed by atoms with Gasteiger partial charge in [0.2, 0.25) is 0 Å². The summed E-state index contributed by atoms with van der Waals surface area (Å²) in [6.45, 7) is 7.07. The van der Waals surface area contributed by atoms with Crippen molar-refractivity contribution in [2.75, 3.05) is 13.1 Å². The monoisotopic (exact) mass is 204 g/mol. The van der Waals surface area contributed by atoms with Crippen molar-refractivity contribution in [1.82, 2.24) is 9.88 Å². The highest BCUT2D eigenvalue weighted by molar-refractivity contribution is 5.17. The number of likely N-dealkylation sites (tertiary alicyclic amines) is 1. The molecule has 0 bridgehead atoms. The lowest BCUT2D eigenvalue weighted by Crippen LogP contribution is -2.29. The third-order valence-corrected chi connectivity index (χ3v) is 3.61. The van der Waals surface area contributed by atoms with Crippen LogP contribution in [-0.2, 0) is 0 Å². The minimum Gasteiger partial charge on any atom is -0.300 e. The van der Waals surface area contributed by atoms with E-state index in [4.69, 9.17) is 0 Å². The predicted molar refractivity (Wildman–Crippen MR) is 62.9 cm³/mol. The first-order chi connectivity index (χ1) is 7.31. The van der Waals surface area contributed by atoms with Crippen LogP contribution in [0.15, 0.2) is 24.5 Å². The molecule has 1 aliphatic heterocycles. The van der Waals surface area contributed by atoms with Gasteiger partial charge in [0.05, 0.1) is 0 Å². The summed E-state index contributed by atoms with van der Waals surface area (Å²) in [5.41, 5.74) is 1.45. The van der Waals surface area contributed by atoms with Gasteiger partial charge in [-0.3, -0.25) is 4.98 Å². The molecule has 2 atom stereocenters. The van der Waals surface area contributed by atoms with Crippen molar-refractivity contribution in [2.45, 2.75) is 38.6 Å². The zero-order chi connectivity index (χ0) is 10.7. The maximum atomic E-state index is 4.07. The van der Waals surface area contributed by atoms with Crippen LogP contribution >= 0.6 is 0 Å². The third-order valence-electron chi connectivity index (χ3n) is 3.61. The minimum atomic E-state index is 0.724. The number of rotatable bonds is 3. The van der Waals surface area contributed by atoms with Crippen LogP contribution in [0.5, 0.6) is 0 Å². The molecule has 0 spiro atoms. The van der Waals surface area contributed by atoms with Crippen molar-refractivity contribution >= 4 is 0 Å². The number of aromatic nitrogens is 1. The quantitative estimate of drug-likeness (QED) is 0.752. The van der Waals surface area contributed by atoms with E-state index in [1.807, 2.05) is 12.4 Å². The molecule has 1 aliphatic rings. The van der Waals surface area contributed by atoms with Gasteiger partial charge in [0.15, 0.2) is 0 Å². The Bertz CT molecular complexity index is 297. The van der Waals surface area contributed by atoms with Gasteiger partial charge in [-0.1, -0.05) is 6.92 Å². The lowest BCUT2D eigenvalue weighted by Gasteiger charge is -2.22. The van der Waals surface area contributed by atoms with Crippen LogP contribution < -0.4 is 0 Å². The maximum absolute atomic E-state index is 4.07. The molecule has 0 radical (unpaired) electrons. The Labute approximate surface area is 92.3 Å². The molecule has 1 aromatic heterocycles. The summed E-state index contributed by atoms with van der Waals surface area (Å²) >= 11 is 0. The van der Waals surface area contributed by atoms with Gasteiger partial charge in [0.1, 0.15) is 0 Å². The largest absolute Gasteiger partial charge is 0.300 e. The highest BCUT2D eigenvalue weighted by Crippen LogP contribution is 2.28. The second-order valence-electron chi connectivity index (χ2n) is 4.52. The highest BCUT2D eigenvalue weighted by Gasteiger charge is 2.25. The van der Waals surface area contributed by atoms with Gasteiger partial charge < -0.3 is 4.90 Å². The van der Waals surface area contributed by atoms with Crippen molar-refractivity contribution in [3.63, 3.8) is 0 Å². The molecule has 1 saturated heterocycles. The Morgan fingerprint density at radius 3 is 2.87 bits per heavy atom. The first-order valence-corrected chi connectivity index (χ1v) is 5.95. The summed E-state index contributed by atoms with van der Waals surface area (Å²) in [7, 11) is 0. The second-order valence-corrected chi connectivity index (χ2v) is 4.52. The van der Waals surface area contributed by atoms with Gasteiger partial charge in [0, 0.05) is 25.0 Å². The predicted octanol–water partition coefficient (Wildman–Crippen LogP) is 2.67. The van der Waals surface area contributed by atoms with E-state index >= 15 is 0 Å². The number of nitrogens with zero attached hydrogens (tertiary/aromatic N) is 2. The Hall–Kier alpha value is -0.890. The summed E-state index contributed by atoms with van der Waals surface area (Å²) in [4.78, 5) is 6.68. The maximum Gasteiger partial charge on any atom is 0.0270 e. The lowest BCUT2D eigenvalue weighted by atomic mass is 10.00. The molecule has 15 heavy (non-hydrogen) atoms. The van der Waals surface area contributed by atoms with Crippen molar-refractivity contribution in [2.24, 2.45) is 0 Å². The molecule has 82 valence electrons. The van der Waals surface area contributed by atoms with Crippen LogP contribution in [0.2, 0.25) is 0 Å². The molecule has 2 unspecified atom stereocenters. The first kappa shape index (κ1) is 10.6. The van der Waals surface area contributed by atoms with E-state index in [-0.39, 0.29) is 0 Å². The first-order valence-electron chi connectivity index (χ1n) is 5.95. The SMILES string of the molecule is CCC(C)N1CCC(c2ccncc2)C1. The molecule has 2 nitrogen and oxygen atoms in total. The fraction of sp³-hybridized carbons (Fsp3) is 0.615. The third kappa shape index (κ3) is 2.37. The molecule has 0 N–H and O–H groups in total. The summed E-state index contributed by atoms with van der Waals surface area (Å²) in [5.74, 6) is 0.724. The van der Waals surface area contributed by atoms with E-state index in [0.717, 1.165) is 12.0 Å². The zero-order valence-electron chi connectivity index (χ0n) is 9.69. The van der Waals surface area contributed by atoms with Gasteiger partial charge in [-0.15, -0.1) is 0 Å². The standard InChI is InChI=1S/C13H20N2/c1-3-11(2)15-9-6-13(10-15)12-4-7-14-8-5-12/h4-5,7-8,11,13H,3,6,9-10H2,1-2H3. The molecule has 2 heterocycles. The Kier molecular flexibility index (Phi) is 3.37. The van der Waals surface area contributed by atoms with Gasteiger partial charge in [-0.25, -0.2) is 0 Å². The normalized spacial score (nSPS) is 24.3. The number of pyridine rings is 1. The van der Waals surface area contributed by atoms with Gasteiger partial charge in [-0.2, -0.15) is 0 Å². The van der Waals surface area contributed by atoms with E-state index in [2.05, 4.69) is 35.9 Å². The lowest BCUT2D eigenvalue weighted by molar-refractivity contribution is 0.250. The summed E-state index contributed by atoms with van der Waals surface area (Å²) in [6, 6.07) is 5.05. The van der Waals surface area contributed by atoms with Crippen molar-refractivity contribution in [3.05, 3.63) is 30.1 Å². The molecule has 0 aromatic carbocycles. The molecule has 2 heteroatoms. The van der Waals surface area contributed by atoms with Crippen molar-refractivity contribution < 1.29 is 0 Å². The van der Waals surface area contributed by atoms with E-state index in [9.17, 15) is 0 Å². The van der Waals surface area contributed by atoms with Crippen LogP contribution in [0.1, 0.15) is 38.2 Å². The minimum absolute atomic E-state index is 0.724. The fourth-order valence-corrected chi connectivity index (χ4v) is 2.35. The number of hydrogen-bond donors (Lipinski definition) is 0.